The Balaban J connectivity index is 1.58. The maximum absolute atomic E-state index is 5.78. The second kappa shape index (κ2) is 11.2. The molecule has 0 radical (unpaired) electrons. The number of guanidine groups is 1. The molecule has 2 rings (SSSR count). The molecule has 0 saturated heterocycles. The van der Waals surface area contributed by atoms with E-state index in [2.05, 4.69) is 20.6 Å². The van der Waals surface area contributed by atoms with Crippen LogP contribution in [-0.2, 0) is 6.42 Å². The van der Waals surface area contributed by atoms with Gasteiger partial charge in [-0.1, -0.05) is 17.7 Å². The minimum absolute atomic E-state index is 0.510. The lowest BCUT2D eigenvalue weighted by Crippen LogP contribution is -2.39. The van der Waals surface area contributed by atoms with Crippen LogP contribution in [-0.4, -0.2) is 44.8 Å². The Kier molecular flexibility index (Phi) is 8.55. The third-order valence-electron chi connectivity index (χ3n) is 3.66. The van der Waals surface area contributed by atoms with Crippen molar-refractivity contribution in [1.82, 2.24) is 15.6 Å². The minimum atomic E-state index is 0.510. The van der Waals surface area contributed by atoms with Crippen LogP contribution in [0.15, 0.2) is 47.6 Å². The molecule has 1 aromatic heterocycles. The summed E-state index contributed by atoms with van der Waals surface area (Å²) in [5.41, 5.74) is 1.13. The fourth-order valence-corrected chi connectivity index (χ4v) is 2.35. The molecule has 0 aliphatic heterocycles. The fraction of sp³-hybridized carbons (Fsp3) is 0.368. The van der Waals surface area contributed by atoms with Gasteiger partial charge in [0.1, 0.15) is 16.7 Å². The number of benzene rings is 1. The molecule has 1 aromatic carbocycles. The van der Waals surface area contributed by atoms with Crippen molar-refractivity contribution in [2.75, 3.05) is 33.9 Å². The van der Waals surface area contributed by atoms with Crippen LogP contribution in [0.25, 0.3) is 0 Å². The molecule has 1 heterocycles. The van der Waals surface area contributed by atoms with E-state index < -0.39 is 0 Å². The zero-order valence-corrected chi connectivity index (χ0v) is 15.9. The van der Waals surface area contributed by atoms with Crippen molar-refractivity contribution in [3.8, 4) is 11.5 Å². The van der Waals surface area contributed by atoms with E-state index in [-0.39, 0.29) is 0 Å². The van der Waals surface area contributed by atoms with Crippen LogP contribution in [0.4, 0.5) is 0 Å². The van der Waals surface area contributed by atoms with E-state index in [0.29, 0.717) is 11.8 Å². The Morgan fingerprint density at radius 1 is 1.08 bits per heavy atom. The van der Waals surface area contributed by atoms with Crippen LogP contribution in [0.1, 0.15) is 12.0 Å². The average molecular weight is 377 g/mol. The second-order valence-electron chi connectivity index (χ2n) is 5.54. The van der Waals surface area contributed by atoms with Gasteiger partial charge in [-0.25, -0.2) is 4.98 Å². The van der Waals surface area contributed by atoms with Gasteiger partial charge in [0.2, 0.25) is 0 Å². The Hall–Kier alpha value is -2.47. The van der Waals surface area contributed by atoms with Crippen LogP contribution >= 0.6 is 11.6 Å². The van der Waals surface area contributed by atoms with E-state index in [1.807, 2.05) is 30.3 Å². The van der Waals surface area contributed by atoms with Crippen molar-refractivity contribution in [3.63, 3.8) is 0 Å². The molecular formula is C19H25ClN4O2. The first-order chi connectivity index (χ1) is 12.7. The van der Waals surface area contributed by atoms with E-state index in [0.717, 1.165) is 49.0 Å². The van der Waals surface area contributed by atoms with Crippen molar-refractivity contribution < 1.29 is 9.47 Å². The number of rotatable bonds is 9. The summed E-state index contributed by atoms with van der Waals surface area (Å²) in [4.78, 5) is 8.28. The summed E-state index contributed by atoms with van der Waals surface area (Å²) >= 11 is 5.78. The molecular weight excluding hydrogens is 352 g/mol. The predicted molar refractivity (Wildman–Crippen MR) is 105 cm³/mol. The zero-order valence-electron chi connectivity index (χ0n) is 15.2. The second-order valence-corrected chi connectivity index (χ2v) is 5.93. The lowest BCUT2D eigenvalue weighted by Gasteiger charge is -2.12. The molecule has 7 heteroatoms. The van der Waals surface area contributed by atoms with Gasteiger partial charge in [0.05, 0.1) is 13.7 Å². The number of aromatic nitrogens is 1. The van der Waals surface area contributed by atoms with Gasteiger partial charge in [0, 0.05) is 26.3 Å². The molecule has 0 atom stereocenters. The summed E-state index contributed by atoms with van der Waals surface area (Å²) in [5, 5.41) is 7.06. The highest BCUT2D eigenvalue weighted by atomic mass is 35.5. The van der Waals surface area contributed by atoms with Gasteiger partial charge in [0.15, 0.2) is 5.96 Å². The number of hydrogen-bond donors (Lipinski definition) is 2. The molecule has 0 amide bonds. The van der Waals surface area contributed by atoms with E-state index in [4.69, 9.17) is 21.1 Å². The molecule has 0 aliphatic carbocycles. The summed E-state index contributed by atoms with van der Waals surface area (Å²) in [7, 11) is 3.40. The monoisotopic (exact) mass is 376 g/mol. The third-order valence-corrected chi connectivity index (χ3v) is 3.88. The average Bonchev–Trinajstić information content (AvgIpc) is 2.68. The number of pyridine rings is 1. The smallest absolute Gasteiger partial charge is 0.190 e. The third kappa shape index (κ3) is 7.19. The lowest BCUT2D eigenvalue weighted by atomic mass is 10.2. The fourth-order valence-electron chi connectivity index (χ4n) is 2.24. The molecule has 0 bridgehead atoms. The molecule has 6 nitrogen and oxygen atoms in total. The Labute approximate surface area is 159 Å². The van der Waals surface area contributed by atoms with Crippen molar-refractivity contribution in [3.05, 3.63) is 53.3 Å². The van der Waals surface area contributed by atoms with E-state index in [1.54, 1.807) is 26.4 Å². The Morgan fingerprint density at radius 3 is 2.46 bits per heavy atom. The molecule has 0 saturated carbocycles. The summed E-state index contributed by atoms with van der Waals surface area (Å²) in [6.07, 6.45) is 3.51. The first-order valence-corrected chi connectivity index (χ1v) is 8.91. The Bertz CT molecular complexity index is 675. The first kappa shape index (κ1) is 19.8. The lowest BCUT2D eigenvalue weighted by molar-refractivity contribution is 0.310. The number of aliphatic imine (C=N–C) groups is 1. The summed E-state index contributed by atoms with van der Waals surface area (Å²) in [5.74, 6) is 2.43. The number of ether oxygens (including phenoxy) is 2. The topological polar surface area (TPSA) is 67.8 Å². The highest BCUT2D eigenvalue weighted by Crippen LogP contribution is 2.16. The summed E-state index contributed by atoms with van der Waals surface area (Å²) in [6.45, 7) is 2.18. The van der Waals surface area contributed by atoms with Gasteiger partial charge < -0.3 is 20.1 Å². The number of methoxy groups -OCH3 is 1. The molecule has 0 fully saturated rings. The summed E-state index contributed by atoms with van der Waals surface area (Å²) < 4.78 is 10.8. The van der Waals surface area contributed by atoms with Gasteiger partial charge in [-0.05, 0) is 48.7 Å². The van der Waals surface area contributed by atoms with Gasteiger partial charge in [-0.15, -0.1) is 0 Å². The first-order valence-electron chi connectivity index (χ1n) is 8.53. The van der Waals surface area contributed by atoms with Crippen LogP contribution in [0.2, 0.25) is 5.15 Å². The molecule has 2 N–H and O–H groups in total. The molecule has 140 valence electrons. The van der Waals surface area contributed by atoms with E-state index >= 15 is 0 Å². The number of hydrogen-bond acceptors (Lipinski definition) is 4. The van der Waals surface area contributed by atoms with Crippen LogP contribution in [0, 0.1) is 0 Å². The Morgan fingerprint density at radius 2 is 1.81 bits per heavy atom. The molecule has 2 aromatic rings. The molecule has 26 heavy (non-hydrogen) atoms. The van der Waals surface area contributed by atoms with Gasteiger partial charge >= 0.3 is 0 Å². The van der Waals surface area contributed by atoms with Crippen molar-refractivity contribution in [2.45, 2.75) is 12.8 Å². The van der Waals surface area contributed by atoms with Gasteiger partial charge in [-0.3, -0.25) is 4.99 Å². The maximum Gasteiger partial charge on any atom is 0.190 e. The number of nitrogens with one attached hydrogen (secondary N) is 2. The maximum atomic E-state index is 5.78. The predicted octanol–water partition coefficient (Wildman–Crippen LogP) is 2.92. The van der Waals surface area contributed by atoms with Crippen molar-refractivity contribution in [1.29, 1.82) is 0 Å². The standard InChI is InChI=1S/C19H25ClN4O2/c1-21-19(23-12-10-15-4-9-18(20)24-14-15)22-11-3-13-26-17-7-5-16(25-2)6-8-17/h4-9,14H,3,10-13H2,1-2H3,(H2,21,22,23). The highest BCUT2D eigenvalue weighted by molar-refractivity contribution is 6.29. The molecule has 0 unspecified atom stereocenters. The highest BCUT2D eigenvalue weighted by Gasteiger charge is 1.99. The molecule has 0 spiro atoms. The van der Waals surface area contributed by atoms with Crippen LogP contribution < -0.4 is 20.1 Å². The van der Waals surface area contributed by atoms with Crippen molar-refractivity contribution in [2.24, 2.45) is 4.99 Å². The van der Waals surface area contributed by atoms with Crippen molar-refractivity contribution >= 4 is 17.6 Å². The van der Waals surface area contributed by atoms with Crippen LogP contribution in [0.5, 0.6) is 11.5 Å². The molecule has 0 aliphatic rings. The number of halogens is 1. The van der Waals surface area contributed by atoms with Gasteiger partial charge in [-0.2, -0.15) is 0 Å². The zero-order chi connectivity index (χ0) is 18.6. The SMILES string of the molecule is CN=C(NCCCOc1ccc(OC)cc1)NCCc1ccc(Cl)nc1. The number of nitrogens with zero attached hydrogens (tertiary/aromatic N) is 2. The van der Waals surface area contributed by atoms with E-state index in [9.17, 15) is 0 Å². The minimum Gasteiger partial charge on any atom is -0.497 e. The largest absolute Gasteiger partial charge is 0.497 e. The quantitative estimate of drug-likeness (QED) is 0.305. The van der Waals surface area contributed by atoms with Crippen LogP contribution in [0.3, 0.4) is 0 Å². The normalized spacial score (nSPS) is 11.1. The van der Waals surface area contributed by atoms with Gasteiger partial charge in [0.25, 0.3) is 0 Å². The summed E-state index contributed by atoms with van der Waals surface area (Å²) in [6, 6.07) is 11.3. The van der Waals surface area contributed by atoms with E-state index in [1.165, 1.54) is 0 Å².